The molecule has 0 radical (unpaired) electrons. The summed E-state index contributed by atoms with van der Waals surface area (Å²) in [5, 5.41) is 23.0. The van der Waals surface area contributed by atoms with E-state index in [9.17, 15) is 0 Å². The molecular formula is C132H105N3O2. The number of benzene rings is 21. The standard InChI is InChI=1S/2C44H35NO.C44H35N/c1-43(2)38-26-31(45(30-13-6-5-7-14-30)32-22-25-36-35-16-10-11-17-39(35)46-40(36)27-32)21-24-34(38)37-23-20-29-19-18-28-12-8-9-15-33(28)41(29)42(37)44(43,3)4;1-43(2)39-25-31(45(30-13-6-5-7-14-30)32-21-23-36-35-16-10-11-17-41(35)46-42(36)26-32)20-22-34(39)38-24-29-19-18-28-12-8-9-15-33(28)37(29)27-40(38)44(43,3)4;1-43(2)38-26-25-33-32-12-6-5-11-29(32)19-23-36(33)42(38)37-24-20-30(27-39(37)44(43,3)4)28-17-21-31(22-18-28)45-40-15-9-7-13-34(40)35-14-8-10-16-41(35)45/h2*5-27H,1-4H3;5-27H,1-4H3. The second-order valence-electron chi connectivity index (χ2n) is 41.4. The van der Waals surface area contributed by atoms with Gasteiger partial charge in [0.1, 0.15) is 22.3 Å². The van der Waals surface area contributed by atoms with Crippen LogP contribution in [0.5, 0.6) is 0 Å². The maximum absolute atomic E-state index is 6.34. The molecule has 0 fully saturated rings. The third-order valence-corrected chi connectivity index (χ3v) is 33.1. The number of fused-ring (bicyclic) bond motifs is 29. The van der Waals surface area contributed by atoms with Crippen molar-refractivity contribution in [1.29, 1.82) is 0 Å². The molecular weight excluding hydrogens is 1660 g/mol. The monoisotopic (exact) mass is 1760 g/mol. The number of para-hydroxylation sites is 6. The number of hydrogen-bond donors (Lipinski definition) is 0. The maximum Gasteiger partial charge on any atom is 0.137 e. The van der Waals surface area contributed by atoms with Gasteiger partial charge in [0.2, 0.25) is 0 Å². The Bertz CT molecular complexity index is 9050. The number of aromatic nitrogens is 1. The van der Waals surface area contributed by atoms with Gasteiger partial charge in [-0.2, -0.15) is 0 Å². The van der Waals surface area contributed by atoms with Gasteiger partial charge < -0.3 is 23.2 Å². The van der Waals surface area contributed by atoms with Crippen LogP contribution in [0.4, 0.5) is 34.1 Å². The van der Waals surface area contributed by atoms with E-state index in [4.69, 9.17) is 8.83 Å². The quantitative estimate of drug-likeness (QED) is 0.142. The normalized spacial score (nSPS) is 14.9. The van der Waals surface area contributed by atoms with E-state index in [1.165, 1.54) is 170 Å². The van der Waals surface area contributed by atoms with E-state index in [2.05, 4.69) is 492 Å². The van der Waals surface area contributed by atoms with Crippen LogP contribution < -0.4 is 9.80 Å². The molecule has 0 atom stereocenters. The van der Waals surface area contributed by atoms with E-state index < -0.39 is 0 Å². The molecule has 0 saturated carbocycles. The topological polar surface area (TPSA) is 37.7 Å². The highest BCUT2D eigenvalue weighted by molar-refractivity contribution is 6.17. The van der Waals surface area contributed by atoms with E-state index in [1.54, 1.807) is 0 Å². The molecule has 0 N–H and O–H groups in total. The van der Waals surface area contributed by atoms with Gasteiger partial charge in [-0.05, 0) is 297 Å². The minimum atomic E-state index is -0.151. The van der Waals surface area contributed by atoms with E-state index in [1.807, 2.05) is 24.3 Å². The highest BCUT2D eigenvalue weighted by Crippen LogP contribution is 2.61. The fourth-order valence-electron chi connectivity index (χ4n) is 23.7. The van der Waals surface area contributed by atoms with Crippen molar-refractivity contribution in [3.63, 3.8) is 0 Å². The van der Waals surface area contributed by atoms with Crippen molar-refractivity contribution in [2.45, 2.75) is 116 Å². The lowest BCUT2D eigenvalue weighted by molar-refractivity contribution is 0.299. The second-order valence-corrected chi connectivity index (χ2v) is 41.4. The summed E-state index contributed by atoms with van der Waals surface area (Å²) in [5.74, 6) is 0. The number of rotatable bonds is 8. The van der Waals surface area contributed by atoms with E-state index in [-0.39, 0.29) is 32.5 Å². The van der Waals surface area contributed by atoms with Gasteiger partial charge in [-0.25, -0.2) is 0 Å². The summed E-state index contributed by atoms with van der Waals surface area (Å²) in [6.07, 6.45) is 0. The van der Waals surface area contributed by atoms with Crippen molar-refractivity contribution in [2.75, 3.05) is 9.80 Å². The number of hydrogen-bond acceptors (Lipinski definition) is 4. The van der Waals surface area contributed by atoms with Crippen molar-refractivity contribution >= 4 is 164 Å². The predicted octanol–water partition coefficient (Wildman–Crippen LogP) is 37.2. The highest BCUT2D eigenvalue weighted by atomic mass is 16.3. The van der Waals surface area contributed by atoms with Crippen LogP contribution in [0.25, 0.3) is 181 Å². The third kappa shape index (κ3) is 12.7. The van der Waals surface area contributed by atoms with Crippen LogP contribution >= 0.6 is 0 Å². The fourth-order valence-corrected chi connectivity index (χ4v) is 23.7. The van der Waals surface area contributed by atoms with Crippen molar-refractivity contribution in [2.24, 2.45) is 0 Å². The Morgan fingerprint density at radius 2 is 0.569 bits per heavy atom. The molecule has 21 aromatic carbocycles. The van der Waals surface area contributed by atoms with E-state index in [0.29, 0.717) is 0 Å². The molecule has 3 aliphatic carbocycles. The van der Waals surface area contributed by atoms with Crippen LogP contribution in [-0.2, 0) is 32.5 Å². The number of furan rings is 2. The fraction of sp³-hybridized carbons (Fsp3) is 0.136. The smallest absolute Gasteiger partial charge is 0.137 e. The van der Waals surface area contributed by atoms with Gasteiger partial charge in [-0.3, -0.25) is 0 Å². The van der Waals surface area contributed by atoms with Crippen LogP contribution in [0.3, 0.4) is 0 Å². The molecule has 0 bridgehead atoms. The molecule has 3 aromatic heterocycles. The van der Waals surface area contributed by atoms with Gasteiger partial charge in [0.25, 0.3) is 0 Å². The summed E-state index contributed by atoms with van der Waals surface area (Å²) in [7, 11) is 0. The minimum Gasteiger partial charge on any atom is -0.456 e. The summed E-state index contributed by atoms with van der Waals surface area (Å²) >= 11 is 0. The Morgan fingerprint density at radius 3 is 1.13 bits per heavy atom. The van der Waals surface area contributed by atoms with Gasteiger partial charge >= 0.3 is 0 Å². The Balaban J connectivity index is 0.000000109. The Labute approximate surface area is 799 Å². The molecule has 0 amide bonds. The minimum absolute atomic E-state index is 0.0474. The molecule has 3 aliphatic rings. The molecule has 137 heavy (non-hydrogen) atoms. The third-order valence-electron chi connectivity index (χ3n) is 33.1. The SMILES string of the molecule is CC1(C)c2cc(-c3ccc(-n4c5ccccc5c5ccccc54)cc3)ccc2-c2c(ccc3c2ccc2ccccc23)C1(C)C.CC1(C)c2cc(N(c3ccccc3)c3ccc4c(c3)oc3ccccc34)ccc2-c2cc3ccc4ccccc4c3cc2C1(C)C.CC1(C)c2cc(N(c3ccccc3)c3ccc4c(c3)oc3ccccc34)ccc2-c2ccc3ccc4ccccc4c3c2C1(C)C. The van der Waals surface area contributed by atoms with E-state index in [0.717, 1.165) is 78.0 Å². The molecule has 5 nitrogen and oxygen atoms in total. The molecule has 5 heteroatoms. The van der Waals surface area contributed by atoms with Crippen LogP contribution in [-0.4, -0.2) is 4.57 Å². The summed E-state index contributed by atoms with van der Waals surface area (Å²) in [4.78, 5) is 4.72. The first-order valence-corrected chi connectivity index (χ1v) is 48.4. The first kappa shape index (κ1) is 83.0. The molecule has 0 unspecified atom stereocenters. The predicted molar refractivity (Wildman–Crippen MR) is 583 cm³/mol. The molecule has 660 valence electrons. The molecule has 0 saturated heterocycles. The Hall–Kier alpha value is -15.8. The summed E-state index contributed by atoms with van der Waals surface area (Å²) in [5.41, 5.74) is 32.3. The summed E-state index contributed by atoms with van der Waals surface area (Å²) < 4.78 is 15.1. The first-order valence-electron chi connectivity index (χ1n) is 48.4. The maximum atomic E-state index is 6.34. The zero-order valence-corrected chi connectivity index (χ0v) is 79.5. The summed E-state index contributed by atoms with van der Waals surface area (Å²) in [6.45, 7) is 29.1. The number of anilines is 6. The van der Waals surface area contributed by atoms with Crippen molar-refractivity contribution in [3.8, 4) is 50.2 Å². The van der Waals surface area contributed by atoms with Crippen LogP contribution in [0.1, 0.15) is 116 Å². The van der Waals surface area contributed by atoms with Gasteiger partial charge in [0, 0.05) is 89.7 Å². The van der Waals surface area contributed by atoms with Gasteiger partial charge in [0.05, 0.1) is 11.0 Å². The van der Waals surface area contributed by atoms with Crippen LogP contribution in [0, 0.1) is 0 Å². The summed E-state index contributed by atoms with van der Waals surface area (Å²) in [6, 6.07) is 153. The molecule has 27 rings (SSSR count). The van der Waals surface area contributed by atoms with Gasteiger partial charge in [0.15, 0.2) is 0 Å². The Kier molecular flexibility index (Phi) is 18.7. The molecule has 24 aromatic rings. The lowest BCUT2D eigenvalue weighted by Crippen LogP contribution is -2.43. The molecule has 0 aliphatic heterocycles. The zero-order chi connectivity index (χ0) is 92.9. The zero-order valence-electron chi connectivity index (χ0n) is 79.5. The lowest BCUT2D eigenvalue weighted by atomic mass is 9.54. The van der Waals surface area contributed by atoms with Gasteiger partial charge in [-0.1, -0.05) is 362 Å². The van der Waals surface area contributed by atoms with E-state index >= 15 is 0 Å². The molecule has 3 heterocycles. The lowest BCUT2D eigenvalue weighted by Gasteiger charge is -2.49. The average Bonchev–Trinajstić information content (AvgIpc) is 1.63. The Morgan fingerprint density at radius 1 is 0.197 bits per heavy atom. The van der Waals surface area contributed by atoms with Crippen molar-refractivity contribution in [1.82, 2.24) is 4.57 Å². The van der Waals surface area contributed by atoms with Gasteiger partial charge in [-0.15, -0.1) is 0 Å². The number of nitrogens with zero attached hydrogens (tertiary/aromatic N) is 3. The van der Waals surface area contributed by atoms with Crippen molar-refractivity contribution in [3.05, 3.63) is 452 Å². The van der Waals surface area contributed by atoms with Crippen molar-refractivity contribution < 1.29 is 8.83 Å². The average molecular weight is 1770 g/mol. The molecule has 0 spiro atoms. The second kappa shape index (κ2) is 30.9. The van der Waals surface area contributed by atoms with Crippen LogP contribution in [0.15, 0.2) is 427 Å². The highest BCUT2D eigenvalue weighted by Gasteiger charge is 2.50. The largest absolute Gasteiger partial charge is 0.456 e. The first-order chi connectivity index (χ1) is 66.5. The van der Waals surface area contributed by atoms with Crippen LogP contribution in [0.2, 0.25) is 0 Å².